The van der Waals surface area contributed by atoms with E-state index < -0.39 is 12.1 Å². The molecule has 0 aliphatic heterocycles. The first-order valence-corrected chi connectivity index (χ1v) is 9.29. The number of carbonyl (C=O) groups excluding carboxylic acids is 1. The molecule has 0 bridgehead atoms. The second kappa shape index (κ2) is 13.1. The quantitative estimate of drug-likeness (QED) is 0.507. The van der Waals surface area contributed by atoms with Crippen LogP contribution in [0.4, 0.5) is 0 Å². The summed E-state index contributed by atoms with van der Waals surface area (Å²) in [6.07, 6.45) is 22.0. The van der Waals surface area contributed by atoms with E-state index in [2.05, 4.69) is 31.2 Å². The number of carboxylic acids is 1. The van der Waals surface area contributed by atoms with E-state index in [0.29, 0.717) is 19.3 Å². The van der Waals surface area contributed by atoms with E-state index in [1.165, 1.54) is 0 Å². The van der Waals surface area contributed by atoms with Crippen LogP contribution in [-0.2, 0) is 9.59 Å². The fourth-order valence-corrected chi connectivity index (χ4v) is 2.70. The van der Waals surface area contributed by atoms with Crippen molar-refractivity contribution in [2.75, 3.05) is 0 Å². The van der Waals surface area contributed by atoms with Crippen LogP contribution in [0.5, 0.6) is 0 Å². The Hall–Kier alpha value is -2.20. The van der Waals surface area contributed by atoms with E-state index in [-0.39, 0.29) is 24.0 Å². The van der Waals surface area contributed by atoms with E-state index in [1.54, 1.807) is 24.3 Å². The first-order chi connectivity index (χ1) is 12.5. The minimum atomic E-state index is -0.825. The van der Waals surface area contributed by atoms with E-state index in [0.717, 1.165) is 12.8 Å². The molecule has 0 aromatic carbocycles. The molecule has 0 saturated heterocycles. The number of rotatable bonds is 12. The Balaban J connectivity index is 2.41. The molecule has 0 amide bonds. The molecule has 26 heavy (non-hydrogen) atoms. The number of carboxylic acid groups (broad SMARTS) is 1. The van der Waals surface area contributed by atoms with Crippen LogP contribution in [0.15, 0.2) is 60.8 Å². The van der Waals surface area contributed by atoms with Gasteiger partial charge in [0.15, 0.2) is 5.78 Å². The molecule has 1 aliphatic carbocycles. The molecule has 4 nitrogen and oxygen atoms in total. The molecule has 0 aromatic rings. The lowest BCUT2D eigenvalue weighted by atomic mass is 9.90. The third-order valence-electron chi connectivity index (χ3n) is 4.17. The van der Waals surface area contributed by atoms with Crippen molar-refractivity contribution in [1.29, 1.82) is 0 Å². The molecule has 0 saturated carbocycles. The van der Waals surface area contributed by atoms with Gasteiger partial charge in [-0.2, -0.15) is 0 Å². The van der Waals surface area contributed by atoms with Crippen molar-refractivity contribution in [3.05, 3.63) is 60.8 Å². The molecule has 0 heterocycles. The average molecular weight is 358 g/mol. The Morgan fingerprint density at radius 3 is 2.69 bits per heavy atom. The predicted octanol–water partition coefficient (Wildman–Crippen LogP) is 4.39. The highest BCUT2D eigenvalue weighted by molar-refractivity contribution is 5.95. The molecular formula is C22H30O4. The highest BCUT2D eigenvalue weighted by Crippen LogP contribution is 2.27. The van der Waals surface area contributed by atoms with Crippen LogP contribution in [0.25, 0.3) is 0 Å². The molecule has 4 heteroatoms. The summed E-state index contributed by atoms with van der Waals surface area (Å²) in [7, 11) is 0. The van der Waals surface area contributed by atoms with Gasteiger partial charge in [0.2, 0.25) is 0 Å². The summed E-state index contributed by atoms with van der Waals surface area (Å²) in [6.45, 7) is 2.10. The standard InChI is InChI=1S/C22H30O4/c1-2-3-4-5-6-9-12-20-18(15-17-21(20)24)14-16-19(23)11-8-7-10-13-22(25)26/h3-4,6-9,14-20,23H,2,5,10-13H2,1H3,(H,25,26)/b4-3-,8-7-,9-6-,16-14+/t18-,19-,20-/m0/s1. The number of carbonyl (C=O) groups is 2. The smallest absolute Gasteiger partial charge is 0.303 e. The summed E-state index contributed by atoms with van der Waals surface area (Å²) in [6, 6.07) is 0. The predicted molar refractivity (Wildman–Crippen MR) is 105 cm³/mol. The van der Waals surface area contributed by atoms with Crippen molar-refractivity contribution in [2.24, 2.45) is 11.8 Å². The number of hydrogen-bond donors (Lipinski definition) is 2. The summed E-state index contributed by atoms with van der Waals surface area (Å²) < 4.78 is 0. The Kier molecular flexibility index (Phi) is 11.0. The normalized spacial score (nSPS) is 21.8. The number of aliphatic hydroxyl groups is 1. The van der Waals surface area contributed by atoms with Gasteiger partial charge in [-0.25, -0.2) is 0 Å². The van der Waals surface area contributed by atoms with Crippen LogP contribution in [0, 0.1) is 11.8 Å². The lowest BCUT2D eigenvalue weighted by Gasteiger charge is -2.13. The lowest BCUT2D eigenvalue weighted by molar-refractivity contribution is -0.136. The second-order valence-electron chi connectivity index (χ2n) is 6.36. The zero-order chi connectivity index (χ0) is 19.2. The fraction of sp³-hybridized carbons (Fsp3) is 0.455. The van der Waals surface area contributed by atoms with Gasteiger partial charge in [-0.1, -0.05) is 61.6 Å². The van der Waals surface area contributed by atoms with Gasteiger partial charge < -0.3 is 10.2 Å². The molecule has 1 aliphatic rings. The second-order valence-corrected chi connectivity index (χ2v) is 6.36. The number of hydrogen-bond acceptors (Lipinski definition) is 3. The summed E-state index contributed by atoms with van der Waals surface area (Å²) in [5.74, 6) is -0.759. The SMILES string of the molecule is CC/C=C\C/C=C\C[C@@H]1C(=O)C=C[C@@H]1/C=C/[C@@H](O)C/C=C\CCC(=O)O. The van der Waals surface area contributed by atoms with E-state index in [4.69, 9.17) is 5.11 Å². The summed E-state index contributed by atoms with van der Waals surface area (Å²) >= 11 is 0. The van der Waals surface area contributed by atoms with Crippen molar-refractivity contribution in [3.63, 3.8) is 0 Å². The Bertz CT molecular complexity index is 581. The highest BCUT2D eigenvalue weighted by atomic mass is 16.4. The topological polar surface area (TPSA) is 74.6 Å². The third kappa shape index (κ3) is 9.33. The van der Waals surface area contributed by atoms with Crippen LogP contribution in [-0.4, -0.2) is 28.1 Å². The molecule has 0 unspecified atom stereocenters. The Morgan fingerprint density at radius 1 is 1.19 bits per heavy atom. The minimum absolute atomic E-state index is 0.0176. The van der Waals surface area contributed by atoms with Gasteiger partial charge in [-0.15, -0.1) is 0 Å². The maximum Gasteiger partial charge on any atom is 0.303 e. The zero-order valence-electron chi connectivity index (χ0n) is 15.5. The maximum atomic E-state index is 12.0. The summed E-state index contributed by atoms with van der Waals surface area (Å²) in [5, 5.41) is 18.5. The van der Waals surface area contributed by atoms with Gasteiger partial charge in [-0.3, -0.25) is 9.59 Å². The van der Waals surface area contributed by atoms with Crippen molar-refractivity contribution in [3.8, 4) is 0 Å². The van der Waals surface area contributed by atoms with Crippen LogP contribution in [0.1, 0.15) is 45.4 Å². The van der Waals surface area contributed by atoms with Crippen LogP contribution in [0.3, 0.4) is 0 Å². The average Bonchev–Trinajstić information content (AvgIpc) is 2.95. The van der Waals surface area contributed by atoms with E-state index in [9.17, 15) is 14.7 Å². The fourth-order valence-electron chi connectivity index (χ4n) is 2.70. The minimum Gasteiger partial charge on any atom is -0.481 e. The van der Waals surface area contributed by atoms with Crippen LogP contribution >= 0.6 is 0 Å². The van der Waals surface area contributed by atoms with Crippen LogP contribution in [0.2, 0.25) is 0 Å². The van der Waals surface area contributed by atoms with Crippen molar-refractivity contribution < 1.29 is 19.8 Å². The van der Waals surface area contributed by atoms with Crippen molar-refractivity contribution in [1.82, 2.24) is 0 Å². The zero-order valence-corrected chi connectivity index (χ0v) is 15.5. The number of aliphatic hydroxyl groups excluding tert-OH is 1. The third-order valence-corrected chi connectivity index (χ3v) is 4.17. The van der Waals surface area contributed by atoms with Gasteiger partial charge >= 0.3 is 5.97 Å². The molecule has 0 aromatic heterocycles. The van der Waals surface area contributed by atoms with Gasteiger partial charge in [0.05, 0.1) is 6.10 Å². The first-order valence-electron chi connectivity index (χ1n) is 9.29. The van der Waals surface area contributed by atoms with Gasteiger partial charge in [0.1, 0.15) is 0 Å². The molecule has 2 N–H and O–H groups in total. The molecule has 0 fully saturated rings. The summed E-state index contributed by atoms with van der Waals surface area (Å²) in [5.41, 5.74) is 0. The molecular weight excluding hydrogens is 328 g/mol. The molecule has 3 atom stereocenters. The number of ketones is 1. The van der Waals surface area contributed by atoms with Gasteiger partial charge in [0, 0.05) is 18.3 Å². The number of allylic oxidation sites excluding steroid dienone is 8. The highest BCUT2D eigenvalue weighted by Gasteiger charge is 2.27. The molecule has 0 spiro atoms. The Labute approximate surface area is 156 Å². The summed E-state index contributed by atoms with van der Waals surface area (Å²) in [4.78, 5) is 22.4. The van der Waals surface area contributed by atoms with Crippen molar-refractivity contribution in [2.45, 2.75) is 51.6 Å². The van der Waals surface area contributed by atoms with Gasteiger partial charge in [-0.05, 0) is 38.2 Å². The molecule has 0 radical (unpaired) electrons. The van der Waals surface area contributed by atoms with E-state index >= 15 is 0 Å². The first kappa shape index (κ1) is 21.8. The lowest BCUT2D eigenvalue weighted by Crippen LogP contribution is -2.14. The van der Waals surface area contributed by atoms with E-state index in [1.807, 2.05) is 12.2 Å². The van der Waals surface area contributed by atoms with Crippen LogP contribution < -0.4 is 0 Å². The number of aliphatic carboxylic acids is 1. The molecule has 142 valence electrons. The Morgan fingerprint density at radius 2 is 1.96 bits per heavy atom. The maximum absolute atomic E-state index is 12.0. The monoisotopic (exact) mass is 358 g/mol. The largest absolute Gasteiger partial charge is 0.481 e. The molecule has 1 rings (SSSR count). The van der Waals surface area contributed by atoms with Crippen molar-refractivity contribution >= 4 is 11.8 Å². The van der Waals surface area contributed by atoms with Gasteiger partial charge in [0.25, 0.3) is 0 Å².